The van der Waals surface area contributed by atoms with Crippen LogP contribution in [0.15, 0.2) is 29.1 Å². The number of hydrogen-bond acceptors (Lipinski definition) is 5. The maximum Gasteiger partial charge on any atom is 0.362 e. The van der Waals surface area contributed by atoms with Crippen LogP contribution in [0.4, 0.5) is 0 Å². The first-order valence-electron chi connectivity index (χ1n) is 13.6. The molecule has 0 radical (unpaired) electrons. The fraction of sp³-hybridized carbons (Fsp3) is 0.679. The van der Waals surface area contributed by atoms with Gasteiger partial charge in [-0.25, -0.2) is 9.78 Å². The van der Waals surface area contributed by atoms with Gasteiger partial charge in [0.2, 0.25) is 5.69 Å². The summed E-state index contributed by atoms with van der Waals surface area (Å²) in [7, 11) is 0. The van der Waals surface area contributed by atoms with Crippen LogP contribution in [0.25, 0.3) is 11.0 Å². The van der Waals surface area contributed by atoms with Gasteiger partial charge in [-0.15, -0.1) is 0 Å². The number of hydrogen-bond donors (Lipinski definition) is 0. The van der Waals surface area contributed by atoms with Gasteiger partial charge in [0.1, 0.15) is 0 Å². The highest BCUT2D eigenvalue weighted by Crippen LogP contribution is 2.48. The van der Waals surface area contributed by atoms with Crippen LogP contribution in [0.1, 0.15) is 87.7 Å². The second-order valence-corrected chi connectivity index (χ2v) is 11.1. The molecule has 6 nitrogen and oxygen atoms in total. The first-order chi connectivity index (χ1) is 16.6. The van der Waals surface area contributed by atoms with Gasteiger partial charge in [0, 0.05) is 24.7 Å². The van der Waals surface area contributed by atoms with E-state index in [0.717, 1.165) is 36.1 Å². The first-order valence-corrected chi connectivity index (χ1v) is 13.6. The number of nitrogens with zero attached hydrogens (tertiary/aromatic N) is 3. The van der Waals surface area contributed by atoms with E-state index in [1.54, 1.807) is 6.92 Å². The van der Waals surface area contributed by atoms with Crippen LogP contribution in [-0.4, -0.2) is 45.7 Å². The van der Waals surface area contributed by atoms with Crippen LogP contribution in [0.3, 0.4) is 0 Å². The number of aromatic nitrogens is 2. The van der Waals surface area contributed by atoms with E-state index in [1.807, 2.05) is 28.8 Å². The lowest BCUT2D eigenvalue weighted by molar-refractivity contribution is 0.0181. The zero-order valence-electron chi connectivity index (χ0n) is 20.3. The standard InChI is InChI=1S/C28H37N3O3/c1-2-34-28(33)26-27(32)31(25-12-4-3-11-24(25)29-26)22-15-20-13-14-21(16-22)30(20)17-23-18-7-5-8-19(23)10-6-9-18/h3-4,11-12,18-23H,2,5-10,13-17H2,1H3/t18?,19?,20-,21+,22?,23?. The minimum atomic E-state index is -0.615. The summed E-state index contributed by atoms with van der Waals surface area (Å²) in [6, 6.07) is 8.90. The van der Waals surface area contributed by atoms with Crippen LogP contribution in [0.2, 0.25) is 0 Å². The molecule has 0 amide bonds. The van der Waals surface area contributed by atoms with Gasteiger partial charge < -0.3 is 9.30 Å². The molecule has 1 unspecified atom stereocenters. The van der Waals surface area contributed by atoms with E-state index in [2.05, 4.69) is 9.88 Å². The van der Waals surface area contributed by atoms with Crippen LogP contribution in [0, 0.1) is 17.8 Å². The number of ether oxygens (including phenoxy) is 1. The predicted molar refractivity (Wildman–Crippen MR) is 132 cm³/mol. The number of esters is 1. The molecule has 4 fully saturated rings. The normalized spacial score (nSPS) is 33.2. The van der Waals surface area contributed by atoms with Gasteiger partial charge in [-0.3, -0.25) is 9.69 Å². The van der Waals surface area contributed by atoms with Gasteiger partial charge in [-0.1, -0.05) is 50.7 Å². The Bertz CT molecular complexity index is 1090. The SMILES string of the molecule is CCOC(=O)c1nc2ccccc2n(C2C[C@H]3CC[C@@H](C2)N3CC2C3CCCC2CCC3)c1=O. The lowest BCUT2D eigenvalue weighted by atomic mass is 9.64. The molecule has 0 spiro atoms. The number of rotatable bonds is 5. The molecule has 4 aliphatic rings. The fourth-order valence-electron chi connectivity index (χ4n) is 7.96. The lowest BCUT2D eigenvalue weighted by Crippen LogP contribution is -2.50. The van der Waals surface area contributed by atoms with Crippen molar-refractivity contribution in [3.8, 4) is 0 Å². The molecule has 2 aromatic rings. The molecule has 182 valence electrons. The van der Waals surface area contributed by atoms with E-state index in [0.29, 0.717) is 17.6 Å². The third-order valence-electron chi connectivity index (χ3n) is 9.42. The Labute approximate surface area is 201 Å². The Balaban J connectivity index is 1.29. The minimum Gasteiger partial charge on any atom is -0.461 e. The maximum absolute atomic E-state index is 13.5. The van der Waals surface area contributed by atoms with Crippen LogP contribution < -0.4 is 5.56 Å². The second kappa shape index (κ2) is 9.10. The Morgan fingerprint density at radius 2 is 1.62 bits per heavy atom. The van der Waals surface area contributed by atoms with Gasteiger partial charge in [-0.2, -0.15) is 0 Å². The molecule has 1 aromatic heterocycles. The third-order valence-corrected chi connectivity index (χ3v) is 9.42. The van der Waals surface area contributed by atoms with Gasteiger partial charge in [-0.05, 0) is 62.5 Å². The summed E-state index contributed by atoms with van der Waals surface area (Å²) in [6.07, 6.45) is 13.0. The Hall–Kier alpha value is -2.21. The molecule has 6 rings (SSSR count). The molecule has 2 saturated heterocycles. The summed E-state index contributed by atoms with van der Waals surface area (Å²) in [5, 5.41) is 0. The van der Waals surface area contributed by atoms with E-state index in [9.17, 15) is 9.59 Å². The molecule has 2 aliphatic heterocycles. The number of para-hydroxylation sites is 2. The van der Waals surface area contributed by atoms with Gasteiger partial charge in [0.25, 0.3) is 5.56 Å². The Kier molecular flexibility index (Phi) is 5.96. The number of carbonyl (C=O) groups is 1. The predicted octanol–water partition coefficient (Wildman–Crippen LogP) is 4.96. The van der Waals surface area contributed by atoms with Gasteiger partial charge in [0.05, 0.1) is 17.6 Å². The summed E-state index contributed by atoms with van der Waals surface area (Å²) in [5.74, 6) is 2.13. The fourth-order valence-corrected chi connectivity index (χ4v) is 7.96. The van der Waals surface area contributed by atoms with Crippen molar-refractivity contribution in [1.29, 1.82) is 0 Å². The molecule has 2 saturated carbocycles. The monoisotopic (exact) mass is 463 g/mol. The van der Waals surface area contributed by atoms with E-state index in [-0.39, 0.29) is 23.9 Å². The number of carbonyl (C=O) groups excluding carboxylic acids is 1. The zero-order valence-corrected chi connectivity index (χ0v) is 20.3. The quantitative estimate of drug-likeness (QED) is 0.587. The van der Waals surface area contributed by atoms with Crippen molar-refractivity contribution in [3.05, 3.63) is 40.3 Å². The maximum atomic E-state index is 13.5. The third kappa shape index (κ3) is 3.78. The summed E-state index contributed by atoms with van der Waals surface area (Å²) < 4.78 is 7.05. The molecule has 6 heteroatoms. The lowest BCUT2D eigenvalue weighted by Gasteiger charge is -2.48. The first kappa shape index (κ1) is 22.3. The van der Waals surface area contributed by atoms with E-state index >= 15 is 0 Å². The van der Waals surface area contributed by atoms with Crippen LogP contribution in [-0.2, 0) is 4.74 Å². The van der Waals surface area contributed by atoms with Crippen molar-refractivity contribution in [1.82, 2.24) is 14.5 Å². The van der Waals surface area contributed by atoms with Gasteiger partial charge in [0.15, 0.2) is 0 Å². The van der Waals surface area contributed by atoms with Crippen molar-refractivity contribution < 1.29 is 9.53 Å². The zero-order chi connectivity index (χ0) is 23.2. The van der Waals surface area contributed by atoms with E-state index in [4.69, 9.17) is 4.74 Å². The largest absolute Gasteiger partial charge is 0.461 e. The summed E-state index contributed by atoms with van der Waals surface area (Å²) in [4.78, 5) is 33.3. The molecular weight excluding hydrogens is 426 g/mol. The number of piperidine rings is 1. The number of benzene rings is 1. The van der Waals surface area contributed by atoms with E-state index in [1.165, 1.54) is 57.9 Å². The molecule has 0 N–H and O–H groups in total. The summed E-state index contributed by atoms with van der Waals surface area (Å²) in [5.41, 5.74) is 1.15. The van der Waals surface area contributed by atoms with Crippen molar-refractivity contribution in [2.75, 3.05) is 13.2 Å². The topological polar surface area (TPSA) is 64.4 Å². The highest BCUT2D eigenvalue weighted by atomic mass is 16.5. The molecule has 3 atom stereocenters. The van der Waals surface area contributed by atoms with E-state index < -0.39 is 5.97 Å². The van der Waals surface area contributed by atoms with Gasteiger partial charge >= 0.3 is 5.97 Å². The minimum absolute atomic E-state index is 0.0784. The van der Waals surface area contributed by atoms with Crippen LogP contribution >= 0.6 is 0 Å². The van der Waals surface area contributed by atoms with Crippen LogP contribution in [0.5, 0.6) is 0 Å². The second-order valence-electron chi connectivity index (χ2n) is 11.1. The Morgan fingerprint density at radius 1 is 0.971 bits per heavy atom. The molecule has 3 heterocycles. The highest BCUT2D eigenvalue weighted by molar-refractivity contribution is 5.89. The van der Waals surface area contributed by atoms with Crippen molar-refractivity contribution in [2.24, 2.45) is 17.8 Å². The van der Waals surface area contributed by atoms with Crippen molar-refractivity contribution >= 4 is 17.0 Å². The Morgan fingerprint density at radius 3 is 2.26 bits per heavy atom. The molecular formula is C28H37N3O3. The molecule has 2 aliphatic carbocycles. The molecule has 1 aromatic carbocycles. The highest BCUT2D eigenvalue weighted by Gasteiger charge is 2.45. The van der Waals surface area contributed by atoms with Crippen molar-refractivity contribution in [2.45, 2.75) is 89.3 Å². The van der Waals surface area contributed by atoms with Crippen molar-refractivity contribution in [3.63, 3.8) is 0 Å². The average Bonchev–Trinajstić information content (AvgIpc) is 3.05. The molecule has 34 heavy (non-hydrogen) atoms. The molecule has 4 bridgehead atoms. The summed E-state index contributed by atoms with van der Waals surface area (Å²) >= 11 is 0. The number of fused-ring (bicyclic) bond motifs is 5. The smallest absolute Gasteiger partial charge is 0.362 e. The average molecular weight is 464 g/mol. The summed E-state index contributed by atoms with van der Waals surface area (Å²) in [6.45, 7) is 3.25.